The number of fused-ring (bicyclic) bond motifs is 5. The summed E-state index contributed by atoms with van der Waals surface area (Å²) in [6, 6.07) is 7.16. The van der Waals surface area contributed by atoms with Crippen LogP contribution in [0, 0.1) is 0 Å². The van der Waals surface area contributed by atoms with Crippen molar-refractivity contribution in [2.75, 3.05) is 11.9 Å². The molecule has 0 aliphatic carbocycles. The van der Waals surface area contributed by atoms with Crippen LogP contribution in [0.5, 0.6) is 5.88 Å². The zero-order valence-corrected chi connectivity index (χ0v) is 17.6. The standard InChI is InChI=1S/C22H24N8O2/c1-14-4-3-9-32-22-17(10-16(12-25-22)15(11-24)7-8-23)21(31)28-19-6-2-5-18(27-19)20-29-26-13-30(14)20/h2,5-8,10-14H,3-4,9,23-24H2,1H3,(H,27,28,31)/b8-7-,15-11+. The average Bonchev–Trinajstić information content (AvgIpc) is 3.30. The Labute approximate surface area is 185 Å². The number of pyridine rings is 2. The van der Waals surface area contributed by atoms with Gasteiger partial charge in [-0.3, -0.25) is 4.79 Å². The topological polar surface area (TPSA) is 147 Å². The van der Waals surface area contributed by atoms with Crippen LogP contribution in [0.3, 0.4) is 0 Å². The molecule has 164 valence electrons. The lowest BCUT2D eigenvalue weighted by Crippen LogP contribution is -2.17. The van der Waals surface area contributed by atoms with Crippen LogP contribution in [0.25, 0.3) is 17.1 Å². The molecule has 10 nitrogen and oxygen atoms in total. The van der Waals surface area contributed by atoms with Crippen molar-refractivity contribution in [2.24, 2.45) is 11.5 Å². The minimum absolute atomic E-state index is 0.140. The average molecular weight is 432 g/mol. The van der Waals surface area contributed by atoms with Crippen LogP contribution in [0.4, 0.5) is 5.82 Å². The Bertz CT molecular complexity index is 1180. The lowest BCUT2D eigenvalue weighted by atomic mass is 10.1. The Hall–Kier alpha value is -4.21. The Balaban J connectivity index is 1.76. The summed E-state index contributed by atoms with van der Waals surface area (Å²) in [5.41, 5.74) is 13.4. The number of nitrogens with one attached hydrogen (secondary N) is 1. The number of amides is 1. The third-order valence-corrected chi connectivity index (χ3v) is 5.16. The van der Waals surface area contributed by atoms with E-state index < -0.39 is 5.91 Å². The first-order chi connectivity index (χ1) is 15.6. The summed E-state index contributed by atoms with van der Waals surface area (Å²) < 4.78 is 7.85. The maximum atomic E-state index is 13.2. The maximum Gasteiger partial charge on any atom is 0.262 e. The smallest absolute Gasteiger partial charge is 0.262 e. The van der Waals surface area contributed by atoms with E-state index in [9.17, 15) is 4.79 Å². The normalized spacial score (nSPS) is 17.1. The predicted octanol–water partition coefficient (Wildman–Crippen LogP) is 2.49. The van der Waals surface area contributed by atoms with Gasteiger partial charge in [-0.1, -0.05) is 6.07 Å². The molecule has 4 rings (SSSR count). The Morgan fingerprint density at radius 2 is 2.22 bits per heavy atom. The predicted molar refractivity (Wildman–Crippen MR) is 120 cm³/mol. The van der Waals surface area contributed by atoms with Crippen molar-refractivity contribution in [1.29, 1.82) is 0 Å². The van der Waals surface area contributed by atoms with Crippen molar-refractivity contribution < 1.29 is 9.53 Å². The van der Waals surface area contributed by atoms with Crippen LogP contribution in [-0.2, 0) is 0 Å². The molecule has 2 bridgehead atoms. The monoisotopic (exact) mass is 432 g/mol. The van der Waals surface area contributed by atoms with Gasteiger partial charge in [0.15, 0.2) is 5.82 Å². The third kappa shape index (κ3) is 4.29. The summed E-state index contributed by atoms with van der Waals surface area (Å²) in [5.74, 6) is 0.853. The molecule has 4 heterocycles. The molecule has 0 spiro atoms. The lowest BCUT2D eigenvalue weighted by Gasteiger charge is -2.17. The fraction of sp³-hybridized carbons (Fsp3) is 0.227. The minimum atomic E-state index is -0.404. The fourth-order valence-electron chi connectivity index (χ4n) is 3.49. The lowest BCUT2D eigenvalue weighted by molar-refractivity contribution is 0.102. The summed E-state index contributed by atoms with van der Waals surface area (Å²) in [5, 5.41) is 11.1. The van der Waals surface area contributed by atoms with Crippen LogP contribution in [0.15, 0.2) is 55.3 Å². The van der Waals surface area contributed by atoms with Gasteiger partial charge in [0.1, 0.15) is 23.4 Å². The van der Waals surface area contributed by atoms with E-state index in [1.807, 2.05) is 10.6 Å². The SMILES string of the molecule is CC1CCCOc2ncc(C(/C=C\N)=C/N)cc2C(=O)Nc2cccc(n2)-c2nncn21. The summed E-state index contributed by atoms with van der Waals surface area (Å²) in [6.07, 6.45) is 9.27. The maximum absolute atomic E-state index is 13.2. The van der Waals surface area contributed by atoms with Gasteiger partial charge in [-0.05, 0) is 50.2 Å². The highest BCUT2D eigenvalue weighted by Crippen LogP contribution is 2.26. The van der Waals surface area contributed by atoms with Crippen molar-refractivity contribution in [3.63, 3.8) is 0 Å². The zero-order valence-electron chi connectivity index (χ0n) is 17.6. The number of ether oxygens (including phenoxy) is 1. The van der Waals surface area contributed by atoms with E-state index in [4.69, 9.17) is 16.2 Å². The number of anilines is 1. The molecular formula is C22H24N8O2. The van der Waals surface area contributed by atoms with Crippen molar-refractivity contribution >= 4 is 17.3 Å². The molecule has 1 aliphatic rings. The van der Waals surface area contributed by atoms with Gasteiger partial charge in [0.05, 0.1) is 6.61 Å². The van der Waals surface area contributed by atoms with E-state index in [0.29, 0.717) is 35.1 Å². The third-order valence-electron chi connectivity index (χ3n) is 5.16. The molecule has 0 fully saturated rings. The van der Waals surface area contributed by atoms with Crippen molar-refractivity contribution in [3.05, 3.63) is 66.4 Å². The Morgan fingerprint density at radius 3 is 3.03 bits per heavy atom. The number of carbonyl (C=O) groups excluding carboxylic acids is 1. The van der Waals surface area contributed by atoms with Gasteiger partial charge >= 0.3 is 0 Å². The number of nitrogens with zero attached hydrogens (tertiary/aromatic N) is 5. The zero-order chi connectivity index (χ0) is 22.5. The first-order valence-electron chi connectivity index (χ1n) is 10.2. The molecule has 1 aliphatic heterocycles. The molecule has 3 aromatic rings. The molecule has 1 atom stereocenters. The van der Waals surface area contributed by atoms with Gasteiger partial charge in [0.25, 0.3) is 5.91 Å². The summed E-state index contributed by atoms with van der Waals surface area (Å²) >= 11 is 0. The number of aromatic nitrogens is 5. The molecule has 10 heteroatoms. The Kier molecular flexibility index (Phi) is 6.11. The van der Waals surface area contributed by atoms with Gasteiger partial charge in [-0.2, -0.15) is 0 Å². The molecule has 0 saturated heterocycles. The number of allylic oxidation sites excluding steroid dienone is 2. The van der Waals surface area contributed by atoms with Crippen LogP contribution in [0.2, 0.25) is 0 Å². The van der Waals surface area contributed by atoms with Gasteiger partial charge in [-0.15, -0.1) is 10.2 Å². The van der Waals surface area contributed by atoms with Crippen LogP contribution in [-0.4, -0.2) is 37.2 Å². The highest BCUT2D eigenvalue weighted by Gasteiger charge is 2.20. The van der Waals surface area contributed by atoms with E-state index in [1.165, 1.54) is 12.4 Å². The second-order valence-corrected chi connectivity index (χ2v) is 7.32. The second-order valence-electron chi connectivity index (χ2n) is 7.32. The molecule has 3 aromatic heterocycles. The van der Waals surface area contributed by atoms with Crippen molar-refractivity contribution in [3.8, 4) is 17.4 Å². The summed E-state index contributed by atoms with van der Waals surface area (Å²) in [7, 11) is 0. The highest BCUT2D eigenvalue weighted by molar-refractivity contribution is 6.06. The number of carbonyl (C=O) groups is 1. The molecule has 1 unspecified atom stereocenters. The number of nitrogens with two attached hydrogens (primary N) is 2. The van der Waals surface area contributed by atoms with Crippen LogP contribution >= 0.6 is 0 Å². The van der Waals surface area contributed by atoms with Crippen molar-refractivity contribution in [2.45, 2.75) is 25.8 Å². The van der Waals surface area contributed by atoms with Crippen LogP contribution < -0.4 is 21.5 Å². The first-order valence-corrected chi connectivity index (χ1v) is 10.2. The van der Waals surface area contributed by atoms with Crippen molar-refractivity contribution in [1.82, 2.24) is 24.7 Å². The van der Waals surface area contributed by atoms with Gasteiger partial charge in [0.2, 0.25) is 5.88 Å². The quantitative estimate of drug-likeness (QED) is 0.523. The second kappa shape index (κ2) is 9.29. The molecule has 1 amide bonds. The molecule has 0 radical (unpaired) electrons. The summed E-state index contributed by atoms with van der Waals surface area (Å²) in [6.45, 7) is 2.49. The van der Waals surface area contributed by atoms with E-state index >= 15 is 0 Å². The Morgan fingerprint density at radius 1 is 1.34 bits per heavy atom. The van der Waals surface area contributed by atoms with Crippen LogP contribution in [0.1, 0.15) is 41.7 Å². The fourth-order valence-corrected chi connectivity index (χ4v) is 3.49. The van der Waals surface area contributed by atoms with E-state index in [0.717, 1.165) is 12.8 Å². The van der Waals surface area contributed by atoms with Gasteiger partial charge in [0, 0.05) is 29.6 Å². The number of rotatable bonds is 2. The number of hydrogen-bond donors (Lipinski definition) is 3. The van der Waals surface area contributed by atoms with E-state index in [2.05, 4.69) is 32.4 Å². The van der Waals surface area contributed by atoms with E-state index in [-0.39, 0.29) is 17.5 Å². The van der Waals surface area contributed by atoms with Gasteiger partial charge in [-0.25, -0.2) is 9.97 Å². The number of hydrogen-bond acceptors (Lipinski definition) is 8. The molecule has 0 aromatic carbocycles. The molecule has 5 N–H and O–H groups in total. The first kappa shape index (κ1) is 21.0. The largest absolute Gasteiger partial charge is 0.477 e. The minimum Gasteiger partial charge on any atom is -0.477 e. The van der Waals surface area contributed by atoms with Gasteiger partial charge < -0.3 is 26.1 Å². The van der Waals surface area contributed by atoms with E-state index in [1.54, 1.807) is 36.8 Å². The molecule has 0 saturated carbocycles. The molecule has 32 heavy (non-hydrogen) atoms. The summed E-state index contributed by atoms with van der Waals surface area (Å²) in [4.78, 5) is 22.1. The molecular weight excluding hydrogens is 408 g/mol. The highest BCUT2D eigenvalue weighted by atomic mass is 16.5.